The molecule has 4 heteroatoms. The molecule has 1 aromatic rings. The van der Waals surface area contributed by atoms with Gasteiger partial charge in [0.1, 0.15) is 0 Å². The molecule has 0 saturated heterocycles. The summed E-state index contributed by atoms with van der Waals surface area (Å²) in [5, 5.41) is 6.14. The predicted octanol–water partition coefficient (Wildman–Crippen LogP) is 3.59. The Hall–Kier alpha value is -1.84. The van der Waals surface area contributed by atoms with E-state index in [4.69, 9.17) is 0 Å². The topological polar surface area (TPSA) is 58.2 Å². The second-order valence-corrected chi connectivity index (χ2v) is 9.06. The molecule has 0 aromatic heterocycles. The summed E-state index contributed by atoms with van der Waals surface area (Å²) < 4.78 is 0. The van der Waals surface area contributed by atoms with E-state index in [-0.39, 0.29) is 17.9 Å². The van der Waals surface area contributed by atoms with E-state index in [0.717, 1.165) is 29.9 Å². The molecule has 0 aliphatic heterocycles. The van der Waals surface area contributed by atoms with Gasteiger partial charge in [-0.2, -0.15) is 0 Å². The molecule has 4 nitrogen and oxygen atoms in total. The number of nitrogens with one attached hydrogen (secondary N) is 2. The van der Waals surface area contributed by atoms with E-state index < -0.39 is 0 Å². The second kappa shape index (κ2) is 7.05. The maximum Gasteiger partial charge on any atom is 0.222 e. The first-order valence-corrected chi connectivity index (χ1v) is 10.1. The molecule has 2 N–H and O–H groups in total. The van der Waals surface area contributed by atoms with Gasteiger partial charge < -0.3 is 10.6 Å². The molecule has 0 radical (unpaired) electrons. The molecule has 4 saturated carbocycles. The summed E-state index contributed by atoms with van der Waals surface area (Å²) in [7, 11) is 0. The summed E-state index contributed by atoms with van der Waals surface area (Å²) >= 11 is 0. The highest BCUT2D eigenvalue weighted by molar-refractivity contribution is 5.79. The van der Waals surface area contributed by atoms with E-state index in [0.29, 0.717) is 11.8 Å². The highest BCUT2D eigenvalue weighted by Gasteiger charge is 2.50. The van der Waals surface area contributed by atoms with Crippen molar-refractivity contribution in [2.24, 2.45) is 23.2 Å². The zero-order valence-corrected chi connectivity index (χ0v) is 15.7. The number of carbonyl (C=O) groups is 2. The lowest BCUT2D eigenvalue weighted by Gasteiger charge is -2.56. The Bertz CT molecular complexity index is 635. The molecule has 2 amide bonds. The number of benzene rings is 1. The van der Waals surface area contributed by atoms with Crippen LogP contribution in [0.4, 0.5) is 0 Å². The van der Waals surface area contributed by atoms with Gasteiger partial charge in [0.15, 0.2) is 0 Å². The molecular weight excluding hydrogens is 324 g/mol. The van der Waals surface area contributed by atoms with Crippen molar-refractivity contribution in [2.75, 3.05) is 6.54 Å². The fourth-order valence-electron chi connectivity index (χ4n) is 6.23. The molecule has 1 atom stereocenters. The largest absolute Gasteiger partial charge is 0.355 e. The Morgan fingerprint density at radius 3 is 2.15 bits per heavy atom. The van der Waals surface area contributed by atoms with Gasteiger partial charge in [0.25, 0.3) is 0 Å². The van der Waals surface area contributed by atoms with Gasteiger partial charge in [-0.05, 0) is 67.3 Å². The van der Waals surface area contributed by atoms with E-state index >= 15 is 0 Å². The number of carbonyl (C=O) groups excluding carboxylic acids is 2. The van der Waals surface area contributed by atoms with Gasteiger partial charge >= 0.3 is 0 Å². The number of rotatable bonds is 6. The smallest absolute Gasteiger partial charge is 0.222 e. The molecule has 140 valence electrons. The Morgan fingerprint density at radius 1 is 1.04 bits per heavy atom. The van der Waals surface area contributed by atoms with Gasteiger partial charge in [0.2, 0.25) is 11.8 Å². The Labute approximate surface area is 156 Å². The molecule has 4 aliphatic rings. The number of amides is 2. The maximum atomic E-state index is 12.6. The molecule has 0 spiro atoms. The summed E-state index contributed by atoms with van der Waals surface area (Å²) in [5.74, 6) is 2.63. The highest BCUT2D eigenvalue weighted by atomic mass is 16.2. The number of hydrogen-bond donors (Lipinski definition) is 2. The van der Waals surface area contributed by atoms with Crippen molar-refractivity contribution in [1.29, 1.82) is 0 Å². The minimum absolute atomic E-state index is 0.0448. The normalized spacial score (nSPS) is 32.9. The third kappa shape index (κ3) is 3.79. The van der Waals surface area contributed by atoms with Crippen LogP contribution in [-0.4, -0.2) is 18.4 Å². The van der Waals surface area contributed by atoms with Gasteiger partial charge in [-0.15, -0.1) is 0 Å². The van der Waals surface area contributed by atoms with Gasteiger partial charge in [-0.1, -0.05) is 30.3 Å². The van der Waals surface area contributed by atoms with E-state index in [9.17, 15) is 9.59 Å². The molecule has 0 heterocycles. The summed E-state index contributed by atoms with van der Waals surface area (Å²) in [4.78, 5) is 24.2. The maximum absolute atomic E-state index is 12.6. The van der Waals surface area contributed by atoms with Crippen LogP contribution in [0.3, 0.4) is 0 Å². The fraction of sp³-hybridized carbons (Fsp3) is 0.636. The lowest BCUT2D eigenvalue weighted by molar-refractivity contribution is -0.124. The molecule has 1 aromatic carbocycles. The fourth-order valence-corrected chi connectivity index (χ4v) is 6.23. The third-order valence-corrected chi connectivity index (χ3v) is 6.79. The van der Waals surface area contributed by atoms with Crippen LogP contribution in [0.5, 0.6) is 0 Å². The van der Waals surface area contributed by atoms with E-state index in [1.165, 1.54) is 45.4 Å². The first-order valence-electron chi connectivity index (χ1n) is 10.1. The average Bonchev–Trinajstić information content (AvgIpc) is 2.59. The zero-order valence-electron chi connectivity index (χ0n) is 15.7. The van der Waals surface area contributed by atoms with Crippen molar-refractivity contribution in [3.05, 3.63) is 35.9 Å². The van der Waals surface area contributed by atoms with Crippen LogP contribution >= 0.6 is 0 Å². The van der Waals surface area contributed by atoms with E-state index in [2.05, 4.69) is 10.6 Å². The summed E-state index contributed by atoms with van der Waals surface area (Å²) in [6.45, 7) is 2.32. The molecule has 5 rings (SSSR count). The lowest BCUT2D eigenvalue weighted by atomic mass is 9.49. The lowest BCUT2D eigenvalue weighted by Crippen LogP contribution is -2.51. The quantitative estimate of drug-likeness (QED) is 0.820. The van der Waals surface area contributed by atoms with Crippen molar-refractivity contribution in [3.8, 4) is 0 Å². The zero-order chi connectivity index (χ0) is 18.1. The first kappa shape index (κ1) is 17.6. The summed E-state index contributed by atoms with van der Waals surface area (Å²) in [6.07, 6.45) is 8.46. The SMILES string of the molecule is CC(=O)N[C@@H](CC(=O)NCC12CC3CC(CC(C3)C1)C2)c1ccccc1. The second-order valence-electron chi connectivity index (χ2n) is 9.06. The van der Waals surface area contributed by atoms with E-state index in [1.807, 2.05) is 30.3 Å². The van der Waals surface area contributed by atoms with E-state index in [1.54, 1.807) is 0 Å². The van der Waals surface area contributed by atoms with Gasteiger partial charge in [-0.3, -0.25) is 9.59 Å². The van der Waals surface area contributed by atoms with Crippen LogP contribution in [0, 0.1) is 23.2 Å². The van der Waals surface area contributed by atoms with Crippen molar-refractivity contribution in [2.45, 2.75) is 57.9 Å². The van der Waals surface area contributed by atoms with Crippen molar-refractivity contribution in [1.82, 2.24) is 10.6 Å². The molecule has 4 bridgehead atoms. The van der Waals surface area contributed by atoms with Crippen LogP contribution in [0.2, 0.25) is 0 Å². The van der Waals surface area contributed by atoms with Crippen LogP contribution in [-0.2, 0) is 9.59 Å². The van der Waals surface area contributed by atoms with Crippen molar-refractivity contribution < 1.29 is 9.59 Å². The predicted molar refractivity (Wildman–Crippen MR) is 101 cm³/mol. The summed E-state index contributed by atoms with van der Waals surface area (Å²) in [6, 6.07) is 9.50. The van der Waals surface area contributed by atoms with Crippen LogP contribution in [0.15, 0.2) is 30.3 Å². The van der Waals surface area contributed by atoms with Crippen molar-refractivity contribution in [3.63, 3.8) is 0 Å². The molecule has 0 unspecified atom stereocenters. The average molecular weight is 354 g/mol. The minimum Gasteiger partial charge on any atom is -0.355 e. The molecule has 4 aliphatic carbocycles. The van der Waals surface area contributed by atoms with Crippen LogP contribution < -0.4 is 10.6 Å². The van der Waals surface area contributed by atoms with Gasteiger partial charge in [0.05, 0.1) is 12.5 Å². The standard InChI is InChI=1S/C22H30N2O2/c1-15(25)24-20(19-5-3-2-4-6-19)10-21(26)23-14-22-11-16-7-17(12-22)9-18(8-16)13-22/h2-6,16-18,20H,7-14H2,1H3,(H,23,26)(H,24,25)/t16?,17?,18?,20-,22?/m0/s1. The van der Waals surface area contributed by atoms with Crippen LogP contribution in [0.1, 0.15) is 63.5 Å². The van der Waals surface area contributed by atoms with Crippen molar-refractivity contribution >= 4 is 11.8 Å². The van der Waals surface area contributed by atoms with Gasteiger partial charge in [0, 0.05) is 13.5 Å². The molecule has 26 heavy (non-hydrogen) atoms. The Balaban J connectivity index is 1.36. The Morgan fingerprint density at radius 2 is 1.62 bits per heavy atom. The monoisotopic (exact) mass is 354 g/mol. The Kier molecular flexibility index (Phi) is 4.76. The number of hydrogen-bond acceptors (Lipinski definition) is 2. The van der Waals surface area contributed by atoms with Gasteiger partial charge in [-0.25, -0.2) is 0 Å². The first-order chi connectivity index (χ1) is 12.5. The molecular formula is C22H30N2O2. The highest BCUT2D eigenvalue weighted by Crippen LogP contribution is 2.59. The minimum atomic E-state index is -0.259. The third-order valence-electron chi connectivity index (χ3n) is 6.79. The summed E-state index contributed by atoms with van der Waals surface area (Å²) in [5.41, 5.74) is 1.33. The molecule has 4 fully saturated rings. The van der Waals surface area contributed by atoms with Crippen LogP contribution in [0.25, 0.3) is 0 Å².